The quantitative estimate of drug-likeness (QED) is 0.443. The molecule has 0 saturated heterocycles. The Morgan fingerprint density at radius 2 is 1.53 bits per heavy atom. The third-order valence-electron chi connectivity index (χ3n) is 4.05. The molecule has 0 heterocycles. The number of anilines is 3. The summed E-state index contributed by atoms with van der Waals surface area (Å²) in [5, 5.41) is 8.12. The van der Waals surface area contributed by atoms with Crippen LogP contribution >= 0.6 is 11.8 Å². The van der Waals surface area contributed by atoms with Crippen LogP contribution in [0.4, 0.5) is 21.9 Å². The molecule has 3 amide bonds. The number of carbonyl (C=O) groups is 2. The number of hydrogen-bond acceptors (Lipinski definition) is 5. The van der Waals surface area contributed by atoms with Crippen molar-refractivity contribution in [1.29, 1.82) is 0 Å². The Labute approximate surface area is 181 Å². The molecule has 162 valence electrons. The van der Waals surface area contributed by atoms with Crippen LogP contribution in [0.5, 0.6) is 0 Å². The van der Waals surface area contributed by atoms with E-state index in [9.17, 15) is 18.0 Å². The SMILES string of the molecule is CCS(=O)(=O)NC(CCSC)C(=O)Nc1cccc(NC(=O)Nc2ccccc2)c1. The number of urea groups is 1. The fourth-order valence-electron chi connectivity index (χ4n) is 2.50. The number of para-hydroxylation sites is 1. The Morgan fingerprint density at radius 3 is 2.17 bits per heavy atom. The maximum Gasteiger partial charge on any atom is 0.323 e. The lowest BCUT2D eigenvalue weighted by Gasteiger charge is -2.18. The van der Waals surface area contributed by atoms with Gasteiger partial charge in [-0.15, -0.1) is 0 Å². The van der Waals surface area contributed by atoms with Gasteiger partial charge < -0.3 is 16.0 Å². The van der Waals surface area contributed by atoms with Crippen molar-refractivity contribution >= 4 is 50.8 Å². The molecule has 0 fully saturated rings. The second kappa shape index (κ2) is 11.6. The Kier molecular flexibility index (Phi) is 9.15. The summed E-state index contributed by atoms with van der Waals surface area (Å²) in [4.78, 5) is 24.8. The number of sulfonamides is 1. The molecule has 0 saturated carbocycles. The number of nitrogens with one attached hydrogen (secondary N) is 4. The van der Waals surface area contributed by atoms with Gasteiger partial charge in [0.2, 0.25) is 15.9 Å². The second-order valence-electron chi connectivity index (χ2n) is 6.37. The highest BCUT2D eigenvalue weighted by Gasteiger charge is 2.23. The predicted molar refractivity (Wildman–Crippen MR) is 124 cm³/mol. The average molecular weight is 451 g/mol. The van der Waals surface area contributed by atoms with Crippen LogP contribution in [0.2, 0.25) is 0 Å². The minimum Gasteiger partial charge on any atom is -0.325 e. The average Bonchev–Trinajstić information content (AvgIpc) is 2.72. The van der Waals surface area contributed by atoms with Gasteiger partial charge in [-0.25, -0.2) is 17.9 Å². The van der Waals surface area contributed by atoms with Crippen molar-refractivity contribution in [2.75, 3.05) is 33.7 Å². The van der Waals surface area contributed by atoms with E-state index < -0.39 is 28.0 Å². The number of benzene rings is 2. The first kappa shape index (κ1) is 23.7. The summed E-state index contributed by atoms with van der Waals surface area (Å²) in [6.45, 7) is 1.52. The van der Waals surface area contributed by atoms with E-state index >= 15 is 0 Å². The third-order valence-corrected chi connectivity index (χ3v) is 6.10. The topological polar surface area (TPSA) is 116 Å². The molecule has 2 aromatic rings. The molecule has 1 unspecified atom stereocenters. The molecule has 0 aliphatic heterocycles. The van der Waals surface area contributed by atoms with E-state index in [1.165, 1.54) is 18.7 Å². The Hall–Kier alpha value is -2.56. The van der Waals surface area contributed by atoms with E-state index in [0.29, 0.717) is 29.2 Å². The number of rotatable bonds is 10. The van der Waals surface area contributed by atoms with Crippen LogP contribution in [0.15, 0.2) is 54.6 Å². The number of amides is 3. The summed E-state index contributed by atoms with van der Waals surface area (Å²) < 4.78 is 26.2. The van der Waals surface area contributed by atoms with Gasteiger partial charge >= 0.3 is 6.03 Å². The molecule has 0 aliphatic carbocycles. The zero-order valence-electron chi connectivity index (χ0n) is 16.8. The van der Waals surface area contributed by atoms with Crippen molar-refractivity contribution < 1.29 is 18.0 Å². The van der Waals surface area contributed by atoms with Gasteiger partial charge in [0.15, 0.2) is 0 Å². The molecule has 2 rings (SSSR count). The van der Waals surface area contributed by atoms with E-state index in [2.05, 4.69) is 20.7 Å². The first-order valence-electron chi connectivity index (χ1n) is 9.36. The molecule has 0 aliphatic rings. The van der Waals surface area contributed by atoms with Gasteiger partial charge in [0.25, 0.3) is 0 Å². The molecule has 2 aromatic carbocycles. The molecule has 30 heavy (non-hydrogen) atoms. The first-order valence-corrected chi connectivity index (χ1v) is 12.4. The number of thioether (sulfide) groups is 1. The maximum absolute atomic E-state index is 12.6. The number of carbonyl (C=O) groups excluding carboxylic acids is 2. The Morgan fingerprint density at radius 1 is 0.933 bits per heavy atom. The summed E-state index contributed by atoms with van der Waals surface area (Å²) in [6.07, 6.45) is 2.25. The molecule has 4 N–H and O–H groups in total. The van der Waals surface area contributed by atoms with Crippen LogP contribution in [0.1, 0.15) is 13.3 Å². The number of hydrogen-bond donors (Lipinski definition) is 4. The lowest BCUT2D eigenvalue weighted by molar-refractivity contribution is -0.117. The van der Waals surface area contributed by atoms with Crippen molar-refractivity contribution in [3.05, 3.63) is 54.6 Å². The molecular formula is C20H26N4O4S2. The second-order valence-corrected chi connectivity index (χ2v) is 9.40. The largest absolute Gasteiger partial charge is 0.325 e. The van der Waals surface area contributed by atoms with Crippen molar-refractivity contribution in [3.8, 4) is 0 Å². The van der Waals surface area contributed by atoms with Gasteiger partial charge in [-0.05, 0) is 55.7 Å². The van der Waals surface area contributed by atoms with Gasteiger partial charge in [-0.3, -0.25) is 4.79 Å². The van der Waals surface area contributed by atoms with E-state index in [0.717, 1.165) is 0 Å². The van der Waals surface area contributed by atoms with Gasteiger partial charge in [0.1, 0.15) is 6.04 Å². The van der Waals surface area contributed by atoms with Gasteiger partial charge in [0.05, 0.1) is 5.75 Å². The highest BCUT2D eigenvalue weighted by atomic mass is 32.2. The minimum absolute atomic E-state index is 0.105. The normalized spacial score (nSPS) is 12.1. The standard InChI is InChI=1S/C20H26N4O4S2/c1-3-30(27,28)24-18(12-13-29-2)19(25)21-16-10-7-11-17(14-16)23-20(26)22-15-8-5-4-6-9-15/h4-11,14,18,24H,3,12-13H2,1-2H3,(H,21,25)(H2,22,23,26). The van der Waals surface area contributed by atoms with E-state index in [1.807, 2.05) is 24.5 Å². The van der Waals surface area contributed by atoms with Crippen molar-refractivity contribution in [2.24, 2.45) is 0 Å². The third kappa shape index (κ3) is 8.05. The van der Waals surface area contributed by atoms with E-state index in [1.54, 1.807) is 36.4 Å². The lowest BCUT2D eigenvalue weighted by Crippen LogP contribution is -2.44. The smallest absolute Gasteiger partial charge is 0.323 e. The van der Waals surface area contributed by atoms with Gasteiger partial charge in [-0.1, -0.05) is 24.3 Å². The summed E-state index contributed by atoms with van der Waals surface area (Å²) in [7, 11) is -3.53. The molecule has 1 atom stereocenters. The summed E-state index contributed by atoms with van der Waals surface area (Å²) in [6, 6.07) is 14.3. The molecule has 8 nitrogen and oxygen atoms in total. The highest BCUT2D eigenvalue weighted by molar-refractivity contribution is 7.98. The molecule has 10 heteroatoms. The maximum atomic E-state index is 12.6. The molecule has 0 aromatic heterocycles. The first-order chi connectivity index (χ1) is 14.3. The highest BCUT2D eigenvalue weighted by Crippen LogP contribution is 2.17. The van der Waals surface area contributed by atoms with Crippen LogP contribution in [0.25, 0.3) is 0 Å². The summed E-state index contributed by atoms with van der Waals surface area (Å²) in [5.41, 5.74) is 1.58. The van der Waals surface area contributed by atoms with Gasteiger partial charge in [0, 0.05) is 17.1 Å². The summed E-state index contributed by atoms with van der Waals surface area (Å²) >= 11 is 1.53. The van der Waals surface area contributed by atoms with Gasteiger partial charge in [-0.2, -0.15) is 11.8 Å². The molecule has 0 radical (unpaired) electrons. The fraction of sp³-hybridized carbons (Fsp3) is 0.300. The lowest BCUT2D eigenvalue weighted by atomic mass is 10.2. The van der Waals surface area contributed by atoms with Crippen molar-refractivity contribution in [3.63, 3.8) is 0 Å². The zero-order valence-corrected chi connectivity index (χ0v) is 18.5. The predicted octanol–water partition coefficient (Wildman–Crippen LogP) is 3.33. The van der Waals surface area contributed by atoms with Crippen molar-refractivity contribution in [1.82, 2.24) is 4.72 Å². The van der Waals surface area contributed by atoms with E-state index in [4.69, 9.17) is 0 Å². The summed E-state index contributed by atoms with van der Waals surface area (Å²) in [5.74, 6) is 0.0735. The zero-order chi connectivity index (χ0) is 22.0. The Balaban J connectivity index is 2.02. The minimum atomic E-state index is -3.53. The van der Waals surface area contributed by atoms with Crippen LogP contribution in [0, 0.1) is 0 Å². The van der Waals surface area contributed by atoms with Crippen LogP contribution in [0.3, 0.4) is 0 Å². The Bertz CT molecular complexity index is 952. The van der Waals surface area contributed by atoms with E-state index in [-0.39, 0.29) is 5.75 Å². The molecular weight excluding hydrogens is 424 g/mol. The van der Waals surface area contributed by atoms with Crippen LogP contribution < -0.4 is 20.7 Å². The van der Waals surface area contributed by atoms with Crippen LogP contribution in [-0.2, 0) is 14.8 Å². The molecule has 0 spiro atoms. The fourth-order valence-corrected chi connectivity index (χ4v) is 3.79. The van der Waals surface area contributed by atoms with Crippen LogP contribution in [-0.4, -0.2) is 44.2 Å². The molecule has 0 bridgehead atoms. The monoisotopic (exact) mass is 450 g/mol. The van der Waals surface area contributed by atoms with Crippen molar-refractivity contribution in [2.45, 2.75) is 19.4 Å².